The predicted octanol–water partition coefficient (Wildman–Crippen LogP) is 3.09. The average Bonchev–Trinajstić information content (AvgIpc) is 2.54. The number of hydrogen-bond donors (Lipinski definition) is 3. The average molecular weight is 295 g/mol. The Bertz CT molecular complexity index is 681. The molecule has 0 unspecified atom stereocenters. The molecule has 22 heavy (non-hydrogen) atoms. The highest BCUT2D eigenvalue weighted by atomic mass is 16.2. The van der Waals surface area contributed by atoms with Crippen LogP contribution in [0.5, 0.6) is 0 Å². The van der Waals surface area contributed by atoms with Gasteiger partial charge in [0.2, 0.25) is 5.91 Å². The highest BCUT2D eigenvalue weighted by molar-refractivity contribution is 6.02. The first-order chi connectivity index (χ1) is 10.7. The van der Waals surface area contributed by atoms with Crippen molar-refractivity contribution < 1.29 is 9.59 Å². The first-order valence-corrected chi connectivity index (χ1v) is 6.80. The van der Waals surface area contributed by atoms with Crippen LogP contribution in [0.4, 0.5) is 16.2 Å². The number of anilines is 2. The third-order valence-corrected chi connectivity index (χ3v) is 2.84. The van der Waals surface area contributed by atoms with Crippen LogP contribution in [0.15, 0.2) is 60.7 Å². The van der Waals surface area contributed by atoms with Crippen molar-refractivity contribution >= 4 is 29.4 Å². The lowest BCUT2D eigenvalue weighted by Crippen LogP contribution is -2.24. The second-order valence-electron chi connectivity index (χ2n) is 4.52. The maximum absolute atomic E-state index is 11.9. The highest BCUT2D eigenvalue weighted by Gasteiger charge is 2.02. The molecule has 0 aliphatic heterocycles. The molecule has 0 spiro atoms. The van der Waals surface area contributed by atoms with Gasteiger partial charge in [-0.05, 0) is 29.8 Å². The molecule has 0 aliphatic carbocycles. The van der Waals surface area contributed by atoms with Crippen LogP contribution in [0.1, 0.15) is 5.56 Å². The van der Waals surface area contributed by atoms with Crippen LogP contribution in [0.25, 0.3) is 6.08 Å². The van der Waals surface area contributed by atoms with E-state index in [1.807, 2.05) is 30.3 Å². The van der Waals surface area contributed by atoms with Crippen molar-refractivity contribution in [1.82, 2.24) is 5.32 Å². The fraction of sp³-hybridized carbons (Fsp3) is 0.0588. The van der Waals surface area contributed by atoms with Crippen LogP contribution in [0.2, 0.25) is 0 Å². The first kappa shape index (κ1) is 15.3. The third kappa shape index (κ3) is 4.79. The Balaban J connectivity index is 1.98. The predicted molar refractivity (Wildman–Crippen MR) is 88.6 cm³/mol. The van der Waals surface area contributed by atoms with E-state index >= 15 is 0 Å². The van der Waals surface area contributed by atoms with Gasteiger partial charge < -0.3 is 16.0 Å². The molecule has 0 atom stereocenters. The number of amides is 3. The Morgan fingerprint density at radius 3 is 2.27 bits per heavy atom. The van der Waals surface area contributed by atoms with Crippen molar-refractivity contribution in [3.05, 3.63) is 66.2 Å². The molecule has 0 heterocycles. The molecule has 2 aromatic rings. The summed E-state index contributed by atoms with van der Waals surface area (Å²) in [4.78, 5) is 23.1. The van der Waals surface area contributed by atoms with Gasteiger partial charge in [-0.3, -0.25) is 4.79 Å². The summed E-state index contributed by atoms with van der Waals surface area (Å²) >= 11 is 0. The second kappa shape index (κ2) is 7.64. The molecule has 0 saturated heterocycles. The van der Waals surface area contributed by atoms with Crippen LogP contribution in [0.3, 0.4) is 0 Å². The van der Waals surface area contributed by atoms with E-state index in [9.17, 15) is 9.59 Å². The number of urea groups is 1. The molecular weight excluding hydrogens is 278 g/mol. The summed E-state index contributed by atoms with van der Waals surface area (Å²) < 4.78 is 0. The smallest absolute Gasteiger partial charge is 0.318 e. The van der Waals surface area contributed by atoms with E-state index in [-0.39, 0.29) is 11.9 Å². The summed E-state index contributed by atoms with van der Waals surface area (Å²) in [7, 11) is 1.54. The van der Waals surface area contributed by atoms with Crippen molar-refractivity contribution in [2.45, 2.75) is 0 Å². The van der Waals surface area contributed by atoms with Crippen LogP contribution in [-0.2, 0) is 4.79 Å². The summed E-state index contributed by atoms with van der Waals surface area (Å²) in [5, 5.41) is 7.85. The number of hydrogen-bond acceptors (Lipinski definition) is 2. The summed E-state index contributed by atoms with van der Waals surface area (Å²) in [6, 6.07) is 16.2. The lowest BCUT2D eigenvalue weighted by atomic mass is 10.2. The van der Waals surface area contributed by atoms with E-state index in [1.165, 1.54) is 13.1 Å². The van der Waals surface area contributed by atoms with Crippen molar-refractivity contribution in [3.63, 3.8) is 0 Å². The van der Waals surface area contributed by atoms with E-state index in [1.54, 1.807) is 30.3 Å². The van der Waals surface area contributed by atoms with E-state index in [0.29, 0.717) is 11.4 Å². The summed E-state index contributed by atoms with van der Waals surface area (Å²) in [5.41, 5.74) is 2.16. The highest BCUT2D eigenvalue weighted by Crippen LogP contribution is 2.15. The Hall–Kier alpha value is -3.08. The molecule has 112 valence electrons. The van der Waals surface area contributed by atoms with Crippen molar-refractivity contribution in [2.24, 2.45) is 0 Å². The Kier molecular flexibility index (Phi) is 5.31. The molecular formula is C17H17N3O2. The molecule has 2 aromatic carbocycles. The van der Waals surface area contributed by atoms with Crippen molar-refractivity contribution in [1.29, 1.82) is 0 Å². The van der Waals surface area contributed by atoms with Gasteiger partial charge in [0.1, 0.15) is 0 Å². The number of nitrogens with one attached hydrogen (secondary N) is 3. The summed E-state index contributed by atoms with van der Waals surface area (Å²) in [5.74, 6) is -0.235. The zero-order valence-electron chi connectivity index (χ0n) is 12.2. The standard InChI is InChI=1S/C17H17N3O2/c1-18-17(22)20-15-9-5-8-14(12-15)19-16(21)11-10-13-6-3-2-4-7-13/h2-12H,1H3,(H,19,21)(H2,18,20,22)/b11-10+. The number of rotatable bonds is 4. The second-order valence-corrected chi connectivity index (χ2v) is 4.52. The molecule has 0 aliphatic rings. The summed E-state index contributed by atoms with van der Waals surface area (Å²) in [6.07, 6.45) is 3.20. The van der Waals surface area contributed by atoms with Crippen LogP contribution in [-0.4, -0.2) is 19.0 Å². The fourth-order valence-electron chi connectivity index (χ4n) is 1.79. The molecule has 0 fully saturated rings. The number of benzene rings is 2. The summed E-state index contributed by atoms with van der Waals surface area (Å²) in [6.45, 7) is 0. The molecule has 0 aromatic heterocycles. The maximum Gasteiger partial charge on any atom is 0.318 e. The molecule has 3 amide bonds. The van der Waals surface area contributed by atoms with E-state index in [4.69, 9.17) is 0 Å². The lowest BCUT2D eigenvalue weighted by Gasteiger charge is -2.07. The van der Waals surface area contributed by atoms with Gasteiger partial charge in [-0.1, -0.05) is 36.4 Å². The van der Waals surface area contributed by atoms with Gasteiger partial charge in [-0.25, -0.2) is 4.79 Å². The number of carbonyl (C=O) groups is 2. The first-order valence-electron chi connectivity index (χ1n) is 6.80. The maximum atomic E-state index is 11.9. The minimum absolute atomic E-state index is 0.235. The van der Waals surface area contributed by atoms with E-state index in [0.717, 1.165) is 5.56 Å². The van der Waals surface area contributed by atoms with Crippen molar-refractivity contribution in [3.8, 4) is 0 Å². The number of carbonyl (C=O) groups excluding carboxylic acids is 2. The zero-order chi connectivity index (χ0) is 15.8. The zero-order valence-corrected chi connectivity index (χ0v) is 12.2. The van der Waals surface area contributed by atoms with E-state index < -0.39 is 0 Å². The molecule has 0 radical (unpaired) electrons. The topological polar surface area (TPSA) is 70.2 Å². The van der Waals surface area contributed by atoms with Gasteiger partial charge in [0.05, 0.1) is 0 Å². The SMILES string of the molecule is CNC(=O)Nc1cccc(NC(=O)/C=C/c2ccccc2)c1. The Morgan fingerprint density at radius 2 is 1.59 bits per heavy atom. The van der Waals surface area contributed by atoms with Gasteiger partial charge in [0, 0.05) is 24.5 Å². The monoisotopic (exact) mass is 295 g/mol. The molecule has 0 saturated carbocycles. The van der Waals surface area contributed by atoms with Gasteiger partial charge in [-0.2, -0.15) is 0 Å². The largest absolute Gasteiger partial charge is 0.341 e. The van der Waals surface area contributed by atoms with Gasteiger partial charge >= 0.3 is 6.03 Å². The third-order valence-electron chi connectivity index (χ3n) is 2.84. The lowest BCUT2D eigenvalue weighted by molar-refractivity contribution is -0.111. The molecule has 2 rings (SSSR count). The van der Waals surface area contributed by atoms with Gasteiger partial charge in [-0.15, -0.1) is 0 Å². The van der Waals surface area contributed by atoms with Crippen LogP contribution in [0, 0.1) is 0 Å². The molecule has 5 heteroatoms. The van der Waals surface area contributed by atoms with Crippen LogP contribution < -0.4 is 16.0 Å². The molecule has 5 nitrogen and oxygen atoms in total. The van der Waals surface area contributed by atoms with Gasteiger partial charge in [0.25, 0.3) is 0 Å². The molecule has 0 bridgehead atoms. The molecule has 3 N–H and O–H groups in total. The Morgan fingerprint density at radius 1 is 0.909 bits per heavy atom. The quantitative estimate of drug-likeness (QED) is 0.759. The Labute approximate surface area is 129 Å². The van der Waals surface area contributed by atoms with E-state index in [2.05, 4.69) is 16.0 Å². The normalized spacial score (nSPS) is 10.2. The van der Waals surface area contributed by atoms with Gasteiger partial charge in [0.15, 0.2) is 0 Å². The minimum Gasteiger partial charge on any atom is -0.341 e. The van der Waals surface area contributed by atoms with Crippen LogP contribution >= 0.6 is 0 Å². The minimum atomic E-state index is -0.313. The fourth-order valence-corrected chi connectivity index (χ4v) is 1.79. The van der Waals surface area contributed by atoms with Crippen molar-refractivity contribution in [2.75, 3.05) is 17.7 Å².